The topological polar surface area (TPSA) is 46.2 Å². The van der Waals surface area contributed by atoms with Crippen molar-refractivity contribution in [2.75, 3.05) is 6.54 Å². The summed E-state index contributed by atoms with van der Waals surface area (Å²) >= 11 is 5.74. The first-order valence-corrected chi connectivity index (χ1v) is 7.07. The predicted molar refractivity (Wildman–Crippen MR) is 73.8 cm³/mol. The van der Waals surface area contributed by atoms with Gasteiger partial charge in [-0.25, -0.2) is 0 Å². The van der Waals surface area contributed by atoms with Crippen LogP contribution in [0.15, 0.2) is 46.7 Å². The predicted octanol–water partition coefficient (Wildman–Crippen LogP) is 2.62. The molecule has 2 rings (SSSR count). The maximum atomic E-state index is 11.7. The maximum absolute atomic E-state index is 11.7. The average molecular weight is 282 g/mol. The second kappa shape index (κ2) is 5.98. The molecule has 1 aromatic carbocycles. The van der Waals surface area contributed by atoms with Crippen molar-refractivity contribution in [2.24, 2.45) is 0 Å². The lowest BCUT2D eigenvalue weighted by molar-refractivity contribution is 0.0954. The van der Waals surface area contributed by atoms with Gasteiger partial charge >= 0.3 is 0 Å². The van der Waals surface area contributed by atoms with Crippen LogP contribution >= 0.6 is 11.6 Å². The quantitative estimate of drug-likeness (QED) is 0.922. The standard InChI is InChI=1S/C13H12ClNO2S/c14-11-5-3-10(4-6-11)13(16)15-8-7-12-2-1-9-18(12)17/h1-6,9H,7-8H2,(H,15,16). The number of hydrogen-bond donors (Lipinski definition) is 1. The summed E-state index contributed by atoms with van der Waals surface area (Å²) in [6.45, 7) is 0.473. The van der Waals surface area contributed by atoms with E-state index in [1.54, 1.807) is 35.7 Å². The Bertz CT molecular complexity index is 534. The highest BCUT2D eigenvalue weighted by Gasteiger charge is 2.09. The van der Waals surface area contributed by atoms with Gasteiger partial charge in [0.25, 0.3) is 5.91 Å². The summed E-state index contributed by atoms with van der Waals surface area (Å²) in [6, 6.07) is 6.70. The first-order valence-electron chi connectivity index (χ1n) is 5.48. The van der Waals surface area contributed by atoms with Gasteiger partial charge in [0.05, 0.1) is 10.8 Å². The van der Waals surface area contributed by atoms with Gasteiger partial charge in [-0.15, -0.1) is 0 Å². The Hall–Kier alpha value is -1.39. The van der Waals surface area contributed by atoms with Crippen molar-refractivity contribution in [3.63, 3.8) is 0 Å². The van der Waals surface area contributed by atoms with E-state index in [1.807, 2.05) is 6.08 Å². The molecule has 0 saturated carbocycles. The molecule has 3 nitrogen and oxygen atoms in total. The summed E-state index contributed by atoms with van der Waals surface area (Å²) in [7, 11) is -1.01. The van der Waals surface area contributed by atoms with Gasteiger partial charge in [0.15, 0.2) is 0 Å². The largest absolute Gasteiger partial charge is 0.352 e. The van der Waals surface area contributed by atoms with E-state index < -0.39 is 10.8 Å². The van der Waals surface area contributed by atoms with Crippen LogP contribution in [0.5, 0.6) is 0 Å². The summed E-state index contributed by atoms with van der Waals surface area (Å²) in [4.78, 5) is 12.6. The van der Waals surface area contributed by atoms with Crippen LogP contribution in [0.1, 0.15) is 16.8 Å². The van der Waals surface area contributed by atoms with Gasteiger partial charge in [0, 0.05) is 27.4 Å². The molecule has 0 fully saturated rings. The third-order valence-corrected chi connectivity index (χ3v) is 4.02. The molecule has 18 heavy (non-hydrogen) atoms. The highest BCUT2D eigenvalue weighted by atomic mass is 35.5. The molecule has 1 unspecified atom stereocenters. The minimum atomic E-state index is -1.01. The molecule has 1 heterocycles. The molecule has 5 heteroatoms. The van der Waals surface area contributed by atoms with E-state index in [4.69, 9.17) is 11.6 Å². The zero-order valence-corrected chi connectivity index (χ0v) is 11.1. The minimum absolute atomic E-state index is 0.149. The first-order chi connectivity index (χ1) is 8.66. The second-order valence-electron chi connectivity index (χ2n) is 3.77. The number of benzene rings is 1. The fraction of sp³-hybridized carbons (Fsp3) is 0.154. The molecule has 1 amide bonds. The molecule has 94 valence electrons. The Morgan fingerprint density at radius 2 is 2.00 bits per heavy atom. The van der Waals surface area contributed by atoms with Crippen LogP contribution in [0.2, 0.25) is 5.02 Å². The molecular formula is C13H12ClNO2S. The molecule has 0 aliphatic carbocycles. The lowest BCUT2D eigenvalue weighted by atomic mass is 10.2. The molecule has 1 aromatic rings. The zero-order chi connectivity index (χ0) is 13.0. The number of amides is 1. The Morgan fingerprint density at radius 3 is 2.61 bits per heavy atom. The molecular weight excluding hydrogens is 270 g/mol. The molecule has 1 aliphatic heterocycles. The Labute approximate surface area is 113 Å². The van der Waals surface area contributed by atoms with Crippen LogP contribution in [0.4, 0.5) is 0 Å². The fourth-order valence-electron chi connectivity index (χ4n) is 1.56. The zero-order valence-electron chi connectivity index (χ0n) is 9.56. The lowest BCUT2D eigenvalue weighted by Gasteiger charge is -2.05. The van der Waals surface area contributed by atoms with Gasteiger partial charge in [-0.1, -0.05) is 17.7 Å². The third kappa shape index (κ3) is 3.31. The van der Waals surface area contributed by atoms with Crippen LogP contribution in [0, 0.1) is 0 Å². The first kappa shape index (κ1) is 13.1. The van der Waals surface area contributed by atoms with Crippen molar-refractivity contribution in [1.82, 2.24) is 5.32 Å². The number of hydrogen-bond acceptors (Lipinski definition) is 2. The molecule has 0 spiro atoms. The van der Waals surface area contributed by atoms with Crippen LogP contribution in [-0.2, 0) is 10.8 Å². The Kier molecular flexibility index (Phi) is 4.33. The van der Waals surface area contributed by atoms with Crippen molar-refractivity contribution >= 4 is 28.3 Å². The van der Waals surface area contributed by atoms with E-state index >= 15 is 0 Å². The maximum Gasteiger partial charge on any atom is 0.251 e. The van der Waals surface area contributed by atoms with Crippen molar-refractivity contribution < 1.29 is 9.00 Å². The van der Waals surface area contributed by atoms with Gasteiger partial charge in [0.2, 0.25) is 0 Å². The summed E-state index contributed by atoms with van der Waals surface area (Å²) in [6.07, 6.45) is 4.19. The number of carbonyl (C=O) groups excluding carboxylic acids is 1. The lowest BCUT2D eigenvalue weighted by Crippen LogP contribution is -2.24. The van der Waals surface area contributed by atoms with E-state index in [2.05, 4.69) is 5.32 Å². The van der Waals surface area contributed by atoms with E-state index in [0.29, 0.717) is 23.6 Å². The molecule has 0 saturated heterocycles. The van der Waals surface area contributed by atoms with Gasteiger partial charge in [-0.3, -0.25) is 9.00 Å². The van der Waals surface area contributed by atoms with Gasteiger partial charge in [-0.05, 0) is 36.8 Å². The molecule has 0 aromatic heterocycles. The second-order valence-corrected chi connectivity index (χ2v) is 5.60. The van der Waals surface area contributed by atoms with Crippen LogP contribution < -0.4 is 5.32 Å². The van der Waals surface area contributed by atoms with Gasteiger partial charge in [0.1, 0.15) is 0 Å². The summed E-state index contributed by atoms with van der Waals surface area (Å²) in [5.41, 5.74) is 0.569. The normalized spacial score (nSPS) is 17.6. The van der Waals surface area contributed by atoms with E-state index in [0.717, 1.165) is 4.91 Å². The summed E-state index contributed by atoms with van der Waals surface area (Å²) < 4.78 is 11.4. The van der Waals surface area contributed by atoms with Crippen molar-refractivity contribution in [2.45, 2.75) is 6.42 Å². The minimum Gasteiger partial charge on any atom is -0.352 e. The number of nitrogens with one attached hydrogen (secondary N) is 1. The molecule has 0 radical (unpaired) electrons. The number of allylic oxidation sites excluding steroid dienone is 2. The van der Waals surface area contributed by atoms with E-state index in [-0.39, 0.29) is 5.91 Å². The van der Waals surface area contributed by atoms with Gasteiger partial charge in [-0.2, -0.15) is 0 Å². The van der Waals surface area contributed by atoms with Crippen LogP contribution in [-0.4, -0.2) is 16.7 Å². The van der Waals surface area contributed by atoms with Gasteiger partial charge < -0.3 is 5.32 Å². The fourth-order valence-corrected chi connectivity index (χ4v) is 2.60. The number of halogens is 1. The van der Waals surface area contributed by atoms with Crippen molar-refractivity contribution in [3.05, 3.63) is 57.3 Å². The Balaban J connectivity index is 1.82. The van der Waals surface area contributed by atoms with Crippen LogP contribution in [0.3, 0.4) is 0 Å². The van der Waals surface area contributed by atoms with E-state index in [9.17, 15) is 9.00 Å². The third-order valence-electron chi connectivity index (χ3n) is 2.51. The smallest absolute Gasteiger partial charge is 0.251 e. The van der Waals surface area contributed by atoms with Crippen LogP contribution in [0.25, 0.3) is 0 Å². The highest BCUT2D eigenvalue weighted by Crippen LogP contribution is 2.14. The number of carbonyl (C=O) groups is 1. The number of rotatable bonds is 4. The SMILES string of the molecule is O=C(NCCC1=CC=CS1=O)c1ccc(Cl)cc1. The highest BCUT2D eigenvalue weighted by molar-refractivity contribution is 7.92. The molecule has 0 bridgehead atoms. The van der Waals surface area contributed by atoms with Crippen molar-refractivity contribution in [1.29, 1.82) is 0 Å². The Morgan fingerprint density at radius 1 is 1.28 bits per heavy atom. The van der Waals surface area contributed by atoms with Crippen molar-refractivity contribution in [3.8, 4) is 0 Å². The van der Waals surface area contributed by atoms with E-state index in [1.165, 1.54) is 0 Å². The summed E-state index contributed by atoms with van der Waals surface area (Å²) in [5.74, 6) is -0.149. The molecule has 1 aliphatic rings. The molecule has 1 N–H and O–H groups in total. The monoisotopic (exact) mass is 281 g/mol. The average Bonchev–Trinajstić information content (AvgIpc) is 2.76. The summed E-state index contributed by atoms with van der Waals surface area (Å²) in [5, 5.41) is 5.02. The molecule has 1 atom stereocenters.